The summed E-state index contributed by atoms with van der Waals surface area (Å²) in [4.78, 5) is 14.8. The summed E-state index contributed by atoms with van der Waals surface area (Å²) in [6, 6.07) is 0. The van der Waals surface area contributed by atoms with Crippen molar-refractivity contribution >= 4 is 15.2 Å². The number of likely N-dealkylation sites (tertiary alicyclic amines) is 1. The monoisotopic (exact) mass is 301 g/mol. The van der Waals surface area contributed by atoms with Crippen LogP contribution >= 0.6 is 9.24 Å². The molecule has 1 rings (SSSR count). The first-order chi connectivity index (χ1) is 8.80. The van der Waals surface area contributed by atoms with Gasteiger partial charge in [-0.1, -0.05) is 13.8 Å². The lowest BCUT2D eigenvalue weighted by Crippen LogP contribution is -2.60. The summed E-state index contributed by atoms with van der Waals surface area (Å²) < 4.78 is 5.85. The molecule has 0 aromatic rings. The third-order valence-corrected chi connectivity index (χ3v) is 6.09. The average Bonchev–Trinajstić information content (AvgIpc) is 2.24. The van der Waals surface area contributed by atoms with Gasteiger partial charge in [0.15, 0.2) is 0 Å². The molecule has 0 amide bonds. The first-order valence-corrected chi connectivity index (χ1v) is 8.12. The van der Waals surface area contributed by atoms with E-state index in [2.05, 4.69) is 62.7 Å². The topological polar surface area (TPSA) is 29.5 Å². The van der Waals surface area contributed by atoms with Crippen molar-refractivity contribution in [1.29, 1.82) is 0 Å². The molecule has 1 heterocycles. The Morgan fingerprint density at radius 3 is 2.00 bits per heavy atom. The van der Waals surface area contributed by atoms with Gasteiger partial charge in [-0.3, -0.25) is 9.69 Å². The lowest BCUT2D eigenvalue weighted by molar-refractivity contribution is -0.162. The standard InChI is InChI=1S/C16H32NO2P/c1-11(2)16(7,20)13(18)19-12-9-14(3,4)17(8)15(5,6)10-12/h11-12H,9-10,20H2,1-8H3. The van der Waals surface area contributed by atoms with Crippen LogP contribution in [0.1, 0.15) is 61.3 Å². The number of carbonyl (C=O) groups is 1. The fourth-order valence-electron chi connectivity index (χ4n) is 2.88. The van der Waals surface area contributed by atoms with Gasteiger partial charge >= 0.3 is 5.97 Å². The summed E-state index contributed by atoms with van der Waals surface area (Å²) in [5.41, 5.74) is 0.0869. The number of ether oxygens (including phenoxy) is 1. The van der Waals surface area contributed by atoms with Crippen LogP contribution in [0.25, 0.3) is 0 Å². The summed E-state index contributed by atoms with van der Waals surface area (Å²) >= 11 is 0. The molecule has 0 aromatic heterocycles. The van der Waals surface area contributed by atoms with E-state index in [1.54, 1.807) is 0 Å². The lowest BCUT2D eigenvalue weighted by atomic mass is 9.78. The molecule has 4 heteroatoms. The van der Waals surface area contributed by atoms with Crippen LogP contribution in [-0.4, -0.2) is 40.3 Å². The molecule has 0 N–H and O–H groups in total. The van der Waals surface area contributed by atoms with E-state index in [9.17, 15) is 4.79 Å². The molecule has 118 valence electrons. The van der Waals surface area contributed by atoms with E-state index in [0.717, 1.165) is 12.8 Å². The SMILES string of the molecule is CC(C)C(C)(P)C(=O)OC1CC(C)(C)N(C)C(C)(C)C1. The molecule has 1 aliphatic rings. The Morgan fingerprint density at radius 1 is 1.25 bits per heavy atom. The molecule has 0 radical (unpaired) electrons. The van der Waals surface area contributed by atoms with Crippen LogP contribution in [-0.2, 0) is 9.53 Å². The Bertz CT molecular complexity index is 357. The van der Waals surface area contributed by atoms with E-state index < -0.39 is 5.16 Å². The van der Waals surface area contributed by atoms with Gasteiger partial charge in [-0.15, -0.1) is 9.24 Å². The zero-order chi connectivity index (χ0) is 15.9. The Balaban J connectivity index is 2.82. The summed E-state index contributed by atoms with van der Waals surface area (Å²) in [5, 5.41) is -0.502. The van der Waals surface area contributed by atoms with Crippen LogP contribution in [0, 0.1) is 5.92 Å². The zero-order valence-corrected chi connectivity index (χ0v) is 15.6. The van der Waals surface area contributed by atoms with Crippen molar-refractivity contribution in [2.75, 3.05) is 7.05 Å². The van der Waals surface area contributed by atoms with Crippen LogP contribution in [0.3, 0.4) is 0 Å². The lowest BCUT2D eigenvalue weighted by Gasteiger charge is -2.53. The summed E-state index contributed by atoms with van der Waals surface area (Å²) in [7, 11) is 4.82. The van der Waals surface area contributed by atoms with Crippen LogP contribution in [0.4, 0.5) is 0 Å². The molecular formula is C16H32NO2P. The number of nitrogens with zero attached hydrogens (tertiary/aromatic N) is 1. The Labute approximate surface area is 127 Å². The van der Waals surface area contributed by atoms with Crippen molar-refractivity contribution in [1.82, 2.24) is 4.90 Å². The van der Waals surface area contributed by atoms with Crippen LogP contribution < -0.4 is 0 Å². The van der Waals surface area contributed by atoms with Crippen molar-refractivity contribution in [3.05, 3.63) is 0 Å². The zero-order valence-electron chi connectivity index (χ0n) is 14.4. The second kappa shape index (κ2) is 5.57. The van der Waals surface area contributed by atoms with Gasteiger partial charge in [-0.05, 0) is 47.6 Å². The van der Waals surface area contributed by atoms with Crippen molar-refractivity contribution in [3.8, 4) is 0 Å². The molecule has 0 aliphatic carbocycles. The van der Waals surface area contributed by atoms with Gasteiger partial charge in [0.2, 0.25) is 0 Å². The van der Waals surface area contributed by atoms with Crippen molar-refractivity contribution in [2.45, 2.75) is 83.6 Å². The van der Waals surface area contributed by atoms with Crippen molar-refractivity contribution in [3.63, 3.8) is 0 Å². The van der Waals surface area contributed by atoms with Gasteiger partial charge in [0, 0.05) is 23.9 Å². The number of hydrogen-bond acceptors (Lipinski definition) is 3. The third kappa shape index (κ3) is 3.54. The van der Waals surface area contributed by atoms with Crippen LogP contribution in [0.15, 0.2) is 0 Å². The minimum absolute atomic E-state index is 0.00215. The van der Waals surface area contributed by atoms with Crippen LogP contribution in [0.5, 0.6) is 0 Å². The normalized spacial score (nSPS) is 26.3. The van der Waals surface area contributed by atoms with E-state index in [0.29, 0.717) is 0 Å². The molecule has 2 atom stereocenters. The molecular weight excluding hydrogens is 269 g/mol. The van der Waals surface area contributed by atoms with Crippen molar-refractivity contribution < 1.29 is 9.53 Å². The summed E-state index contributed by atoms with van der Waals surface area (Å²) in [6.45, 7) is 14.9. The minimum atomic E-state index is -0.502. The molecule has 0 spiro atoms. The highest BCUT2D eigenvalue weighted by molar-refractivity contribution is 7.20. The van der Waals surface area contributed by atoms with Gasteiger partial charge in [0.05, 0.1) is 5.16 Å². The molecule has 0 bridgehead atoms. The molecule has 0 aromatic carbocycles. The largest absolute Gasteiger partial charge is 0.462 e. The first-order valence-electron chi connectivity index (χ1n) is 7.54. The highest BCUT2D eigenvalue weighted by Gasteiger charge is 2.45. The fraction of sp³-hybridized carbons (Fsp3) is 0.938. The maximum Gasteiger partial charge on any atom is 0.316 e. The third-order valence-electron chi connectivity index (χ3n) is 5.18. The number of esters is 1. The molecule has 1 saturated heterocycles. The van der Waals surface area contributed by atoms with Gasteiger partial charge in [0.1, 0.15) is 6.10 Å². The molecule has 3 nitrogen and oxygen atoms in total. The Hall–Kier alpha value is -0.140. The first kappa shape index (κ1) is 17.9. The summed E-state index contributed by atoms with van der Waals surface area (Å²) in [5.74, 6) is 0.144. The molecule has 2 unspecified atom stereocenters. The van der Waals surface area contributed by atoms with E-state index in [4.69, 9.17) is 4.74 Å². The highest BCUT2D eigenvalue weighted by atomic mass is 31.0. The molecule has 1 fully saturated rings. The van der Waals surface area contributed by atoms with E-state index >= 15 is 0 Å². The molecule has 20 heavy (non-hydrogen) atoms. The predicted octanol–water partition coefficient (Wildman–Crippen LogP) is 3.47. The number of hydrogen-bond donors (Lipinski definition) is 0. The van der Waals surface area contributed by atoms with Gasteiger partial charge in [-0.25, -0.2) is 0 Å². The maximum atomic E-state index is 12.4. The van der Waals surface area contributed by atoms with Crippen LogP contribution in [0.2, 0.25) is 0 Å². The Kier molecular flexibility index (Phi) is 4.99. The molecule has 1 aliphatic heterocycles. The predicted molar refractivity (Wildman–Crippen MR) is 88.0 cm³/mol. The van der Waals surface area contributed by atoms with E-state index in [-0.39, 0.29) is 29.1 Å². The molecule has 0 saturated carbocycles. The van der Waals surface area contributed by atoms with Gasteiger partial charge in [-0.2, -0.15) is 0 Å². The number of piperidine rings is 1. The maximum absolute atomic E-state index is 12.4. The quantitative estimate of drug-likeness (QED) is 0.590. The number of rotatable bonds is 3. The van der Waals surface area contributed by atoms with Gasteiger partial charge in [0.25, 0.3) is 0 Å². The van der Waals surface area contributed by atoms with E-state index in [1.807, 2.05) is 6.92 Å². The van der Waals surface area contributed by atoms with E-state index in [1.165, 1.54) is 0 Å². The number of carbonyl (C=O) groups excluding carboxylic acids is 1. The fourth-order valence-corrected chi connectivity index (χ4v) is 2.95. The minimum Gasteiger partial charge on any atom is -0.462 e. The van der Waals surface area contributed by atoms with Crippen molar-refractivity contribution in [2.24, 2.45) is 5.92 Å². The highest BCUT2D eigenvalue weighted by Crippen LogP contribution is 2.39. The average molecular weight is 301 g/mol. The second-order valence-electron chi connectivity index (χ2n) is 8.06. The van der Waals surface area contributed by atoms with Gasteiger partial charge < -0.3 is 4.74 Å². The smallest absolute Gasteiger partial charge is 0.316 e. The second-order valence-corrected chi connectivity index (χ2v) is 9.26. The summed E-state index contributed by atoms with van der Waals surface area (Å²) in [6.07, 6.45) is 1.77. The Morgan fingerprint density at radius 2 is 1.65 bits per heavy atom.